The average molecular weight is 200 g/mol. The summed E-state index contributed by atoms with van der Waals surface area (Å²) in [5.41, 5.74) is 3.14. The fraction of sp³-hybridized carbons (Fsp3) is 0.700. The highest BCUT2D eigenvalue weighted by atomic mass is 31.1. The average Bonchev–Trinajstić information content (AvgIpc) is 2.17. The first-order chi connectivity index (χ1) is 5.51. The van der Waals surface area contributed by atoms with Crippen LogP contribution in [0.4, 0.5) is 0 Å². The lowest BCUT2D eigenvalue weighted by molar-refractivity contribution is 0.717. The maximum Gasteiger partial charge on any atom is 0.0311 e. The summed E-state index contributed by atoms with van der Waals surface area (Å²) in [6.07, 6.45) is 2.50. The second kappa shape index (κ2) is 3.60. The number of rotatable bonds is 2. The van der Waals surface area contributed by atoms with Gasteiger partial charge in [0.05, 0.1) is 0 Å². The Balaban J connectivity index is 2.97. The molecule has 68 valence electrons. The molecule has 0 saturated heterocycles. The zero-order chi connectivity index (χ0) is 9.35. The van der Waals surface area contributed by atoms with Crippen LogP contribution >= 0.6 is 17.4 Å². The van der Waals surface area contributed by atoms with Gasteiger partial charge in [0.2, 0.25) is 0 Å². The van der Waals surface area contributed by atoms with Crippen LogP contribution in [0.1, 0.15) is 34.1 Å². The summed E-state index contributed by atoms with van der Waals surface area (Å²) in [4.78, 5) is 0. The molecule has 0 fully saturated rings. The lowest BCUT2D eigenvalue weighted by atomic mass is 9.94. The summed E-state index contributed by atoms with van der Waals surface area (Å²) >= 11 is 0. The summed E-state index contributed by atoms with van der Waals surface area (Å²) in [6, 6.07) is 0. The monoisotopic (exact) mass is 200 g/mol. The smallest absolute Gasteiger partial charge is 0.0311 e. The second-order valence-corrected chi connectivity index (χ2v) is 6.22. The molecule has 2 unspecified atom stereocenters. The molecular formula is C10H18P2. The molecule has 1 aliphatic heterocycles. The van der Waals surface area contributed by atoms with Gasteiger partial charge in [-0.2, -0.15) is 0 Å². The van der Waals surface area contributed by atoms with E-state index in [0.717, 1.165) is 0 Å². The van der Waals surface area contributed by atoms with Gasteiger partial charge in [-0.05, 0) is 51.1 Å². The Morgan fingerprint density at radius 3 is 2.25 bits per heavy atom. The predicted molar refractivity (Wildman–Crippen MR) is 63.6 cm³/mol. The van der Waals surface area contributed by atoms with E-state index in [-0.39, 0.29) is 0 Å². The Labute approximate surface area is 79.8 Å². The van der Waals surface area contributed by atoms with Crippen molar-refractivity contribution in [1.29, 1.82) is 0 Å². The van der Waals surface area contributed by atoms with Crippen LogP contribution in [0.15, 0.2) is 11.1 Å². The van der Waals surface area contributed by atoms with Crippen molar-refractivity contribution in [2.24, 2.45) is 0 Å². The minimum atomic E-state index is 0.440. The van der Waals surface area contributed by atoms with Gasteiger partial charge < -0.3 is 0 Å². The second-order valence-electron chi connectivity index (χ2n) is 3.76. The van der Waals surface area contributed by atoms with E-state index < -0.39 is 0 Å². The third-order valence-electron chi connectivity index (χ3n) is 2.96. The van der Waals surface area contributed by atoms with Gasteiger partial charge in [-0.25, -0.2) is 0 Å². The maximum atomic E-state index is 2.83. The number of hydrogen-bond donors (Lipinski definition) is 0. The van der Waals surface area contributed by atoms with Crippen molar-refractivity contribution in [3.05, 3.63) is 11.1 Å². The molecule has 12 heavy (non-hydrogen) atoms. The molecule has 2 atom stereocenters. The van der Waals surface area contributed by atoms with Crippen molar-refractivity contribution >= 4 is 22.7 Å². The fourth-order valence-electron chi connectivity index (χ4n) is 1.74. The van der Waals surface area contributed by atoms with Crippen LogP contribution in [0.5, 0.6) is 0 Å². The topological polar surface area (TPSA) is 0 Å². The van der Waals surface area contributed by atoms with Crippen molar-refractivity contribution < 1.29 is 0 Å². The Morgan fingerprint density at radius 2 is 1.92 bits per heavy atom. The molecule has 0 aliphatic carbocycles. The Bertz CT molecular complexity index is 251. The molecule has 1 aliphatic rings. The van der Waals surface area contributed by atoms with E-state index in [9.17, 15) is 0 Å². The van der Waals surface area contributed by atoms with Crippen molar-refractivity contribution in [3.8, 4) is 0 Å². The molecule has 0 spiro atoms. The quantitative estimate of drug-likeness (QED) is 0.598. The number of hydrogen-bond acceptors (Lipinski definition) is 0. The summed E-state index contributed by atoms with van der Waals surface area (Å²) in [5.74, 6) is 0. The van der Waals surface area contributed by atoms with Gasteiger partial charge in [0.25, 0.3) is 0 Å². The molecule has 0 bridgehead atoms. The van der Waals surface area contributed by atoms with Crippen LogP contribution in [-0.2, 0) is 0 Å². The van der Waals surface area contributed by atoms with Crippen LogP contribution in [-0.4, -0.2) is 16.6 Å². The summed E-state index contributed by atoms with van der Waals surface area (Å²) in [7, 11) is 4.36. The summed E-state index contributed by atoms with van der Waals surface area (Å²) in [6.45, 7) is 9.19. The van der Waals surface area contributed by atoms with Crippen molar-refractivity contribution in [1.82, 2.24) is 0 Å². The fourth-order valence-corrected chi connectivity index (χ4v) is 4.21. The van der Waals surface area contributed by atoms with Crippen LogP contribution in [0.2, 0.25) is 0 Å². The van der Waals surface area contributed by atoms with E-state index in [1.807, 2.05) is 0 Å². The van der Waals surface area contributed by atoms with E-state index in [1.54, 1.807) is 10.9 Å². The maximum absolute atomic E-state index is 2.83. The lowest BCUT2D eigenvalue weighted by Crippen LogP contribution is -2.17. The van der Waals surface area contributed by atoms with Crippen molar-refractivity contribution in [2.75, 3.05) is 6.16 Å². The molecule has 1 heterocycles. The van der Waals surface area contributed by atoms with Gasteiger partial charge in [-0.15, -0.1) is 9.24 Å². The SMILES string of the molecule is CC1=PC(C)(CCP)C(C)=C1C. The molecule has 0 aromatic heterocycles. The highest BCUT2D eigenvalue weighted by molar-refractivity contribution is 7.44. The highest BCUT2D eigenvalue weighted by Crippen LogP contribution is 2.44. The van der Waals surface area contributed by atoms with Gasteiger partial charge in [-0.3, -0.25) is 0 Å². The third-order valence-corrected chi connectivity index (χ3v) is 4.97. The highest BCUT2D eigenvalue weighted by Gasteiger charge is 2.30. The normalized spacial score (nSPS) is 30.9. The molecule has 0 amide bonds. The summed E-state index contributed by atoms with van der Waals surface area (Å²) in [5, 5.41) is 2.00. The number of allylic oxidation sites excluding steroid dienone is 2. The molecule has 0 aromatic rings. The largest absolute Gasteiger partial charge is 0.138 e. The predicted octanol–water partition coefficient (Wildman–Crippen LogP) is 3.50. The van der Waals surface area contributed by atoms with Crippen LogP contribution in [0.3, 0.4) is 0 Å². The minimum absolute atomic E-state index is 0.440. The minimum Gasteiger partial charge on any atom is -0.138 e. The van der Waals surface area contributed by atoms with E-state index >= 15 is 0 Å². The van der Waals surface area contributed by atoms with Crippen LogP contribution < -0.4 is 0 Å². The van der Waals surface area contributed by atoms with Gasteiger partial charge in [0.15, 0.2) is 0 Å². The zero-order valence-corrected chi connectivity index (χ0v) is 10.5. The lowest BCUT2D eigenvalue weighted by Gasteiger charge is -2.22. The molecule has 0 nitrogen and oxygen atoms in total. The molecule has 0 N–H and O–H groups in total. The Kier molecular flexibility index (Phi) is 3.13. The summed E-state index contributed by atoms with van der Waals surface area (Å²) < 4.78 is 0. The first kappa shape index (κ1) is 10.4. The van der Waals surface area contributed by atoms with Gasteiger partial charge in [0.1, 0.15) is 0 Å². The molecule has 0 saturated carbocycles. The van der Waals surface area contributed by atoms with Crippen LogP contribution in [0.25, 0.3) is 0 Å². The van der Waals surface area contributed by atoms with E-state index in [0.29, 0.717) is 5.16 Å². The zero-order valence-electron chi connectivity index (χ0n) is 8.44. The third kappa shape index (κ3) is 1.66. The molecule has 0 aromatic carbocycles. The molecule has 0 radical (unpaired) electrons. The molecular weight excluding hydrogens is 182 g/mol. The van der Waals surface area contributed by atoms with E-state index in [1.165, 1.54) is 26.4 Å². The Hall–Kier alpha value is 0.340. The first-order valence-electron chi connectivity index (χ1n) is 4.46. The van der Waals surface area contributed by atoms with E-state index in [4.69, 9.17) is 0 Å². The van der Waals surface area contributed by atoms with Gasteiger partial charge in [-0.1, -0.05) is 13.8 Å². The van der Waals surface area contributed by atoms with Gasteiger partial charge >= 0.3 is 0 Å². The molecule has 2 heteroatoms. The van der Waals surface area contributed by atoms with E-state index in [2.05, 4.69) is 36.9 Å². The molecule has 1 rings (SSSR count). The van der Waals surface area contributed by atoms with Crippen molar-refractivity contribution in [2.45, 2.75) is 39.3 Å². The van der Waals surface area contributed by atoms with Crippen molar-refractivity contribution in [3.63, 3.8) is 0 Å². The standard InChI is InChI=1S/C10H18P2/c1-7-8(2)10(4,5-6-11)12-9(7)3/h5-6,11H2,1-4H3. The first-order valence-corrected chi connectivity index (χ1v) is 6.17. The Morgan fingerprint density at radius 1 is 1.33 bits per heavy atom. The van der Waals surface area contributed by atoms with Crippen LogP contribution in [0, 0.1) is 0 Å². The van der Waals surface area contributed by atoms with Gasteiger partial charge in [0, 0.05) is 5.16 Å².